The van der Waals surface area contributed by atoms with Crippen LogP contribution in [0, 0.1) is 19.3 Å². The molecule has 0 aliphatic carbocycles. The lowest BCUT2D eigenvalue weighted by molar-refractivity contribution is 0.946. The number of nitrogens with zero attached hydrogens (tertiary/aromatic N) is 1. The third-order valence-electron chi connectivity index (χ3n) is 1.16. The fraction of sp³-hybridized carbons (Fsp3) is 0.250. The Bertz CT molecular complexity index is 364. The molecule has 4 heteroatoms. The molecule has 0 unspecified atom stereocenters. The molecule has 1 aromatic rings. The minimum absolute atomic E-state index is 0.325. The molecule has 0 spiro atoms. The Morgan fingerprint density at radius 1 is 1.83 bits per heavy atom. The van der Waals surface area contributed by atoms with E-state index in [0.717, 1.165) is 5.69 Å². The minimum Gasteiger partial charge on any atom is -0.310 e. The van der Waals surface area contributed by atoms with Crippen LogP contribution >= 0.6 is 11.8 Å². The van der Waals surface area contributed by atoms with Gasteiger partial charge in [0.2, 0.25) is 0 Å². The largest absolute Gasteiger partial charge is 0.346 e. The van der Waals surface area contributed by atoms with Crippen LogP contribution in [0.2, 0.25) is 0 Å². The molecule has 0 aromatic carbocycles. The first kappa shape index (κ1) is 8.88. The van der Waals surface area contributed by atoms with Crippen molar-refractivity contribution in [1.82, 2.24) is 9.97 Å². The van der Waals surface area contributed by atoms with E-state index in [1.165, 1.54) is 11.8 Å². The molecule has 0 aliphatic heterocycles. The highest BCUT2D eigenvalue weighted by Gasteiger charge is 1.96. The van der Waals surface area contributed by atoms with E-state index in [1.807, 2.05) is 6.92 Å². The quantitative estimate of drug-likeness (QED) is 0.416. The van der Waals surface area contributed by atoms with Crippen LogP contribution in [0.3, 0.4) is 0 Å². The maximum Gasteiger partial charge on any atom is 0.346 e. The second kappa shape index (κ2) is 3.98. The lowest BCUT2D eigenvalue weighted by Crippen LogP contribution is -2.11. The van der Waals surface area contributed by atoms with E-state index in [2.05, 4.69) is 15.9 Å². The van der Waals surface area contributed by atoms with Crippen molar-refractivity contribution in [2.75, 3.05) is 5.75 Å². The Balaban J connectivity index is 2.87. The number of terminal acetylenes is 1. The van der Waals surface area contributed by atoms with Crippen LogP contribution in [0.25, 0.3) is 0 Å². The van der Waals surface area contributed by atoms with Gasteiger partial charge in [0.15, 0.2) is 0 Å². The molecule has 1 aromatic heterocycles. The van der Waals surface area contributed by atoms with Crippen LogP contribution in [0.1, 0.15) is 5.69 Å². The summed E-state index contributed by atoms with van der Waals surface area (Å²) in [5.74, 6) is 3.00. The van der Waals surface area contributed by atoms with Gasteiger partial charge in [0.05, 0.1) is 5.75 Å². The van der Waals surface area contributed by atoms with Gasteiger partial charge in [-0.3, -0.25) is 0 Å². The average molecular weight is 180 g/mol. The van der Waals surface area contributed by atoms with Crippen molar-refractivity contribution in [3.05, 3.63) is 22.2 Å². The van der Waals surface area contributed by atoms with Gasteiger partial charge in [-0.05, 0) is 13.0 Å². The monoisotopic (exact) mass is 180 g/mol. The third-order valence-corrected chi connectivity index (χ3v) is 1.98. The highest BCUT2D eigenvalue weighted by atomic mass is 32.2. The molecule has 0 atom stereocenters. The van der Waals surface area contributed by atoms with Gasteiger partial charge < -0.3 is 4.98 Å². The molecule has 12 heavy (non-hydrogen) atoms. The smallest absolute Gasteiger partial charge is 0.310 e. The number of aromatic nitrogens is 2. The summed E-state index contributed by atoms with van der Waals surface area (Å²) in [6.07, 6.45) is 5.07. The number of aryl methyl sites for hydroxylation is 1. The Morgan fingerprint density at radius 2 is 2.58 bits per heavy atom. The van der Waals surface area contributed by atoms with Gasteiger partial charge >= 0.3 is 5.69 Å². The molecule has 0 saturated carbocycles. The molecule has 0 fully saturated rings. The predicted octanol–water partition coefficient (Wildman–Crippen LogP) is 0.804. The molecule has 1 N–H and O–H groups in total. The molecular formula is C8H8N2OS. The normalized spacial score (nSPS) is 9.33. The van der Waals surface area contributed by atoms with E-state index in [9.17, 15) is 4.79 Å². The van der Waals surface area contributed by atoms with Crippen molar-refractivity contribution in [3.8, 4) is 12.3 Å². The van der Waals surface area contributed by atoms with Gasteiger partial charge in [-0.2, -0.15) is 4.98 Å². The fourth-order valence-electron chi connectivity index (χ4n) is 0.740. The molecule has 0 aliphatic rings. The van der Waals surface area contributed by atoms with E-state index in [0.29, 0.717) is 10.8 Å². The molecule has 1 heterocycles. The van der Waals surface area contributed by atoms with E-state index >= 15 is 0 Å². The average Bonchev–Trinajstić information content (AvgIpc) is 1.99. The lowest BCUT2D eigenvalue weighted by Gasteiger charge is -1.96. The summed E-state index contributed by atoms with van der Waals surface area (Å²) < 4.78 is 0. The maximum atomic E-state index is 10.8. The number of hydrogen-bond donors (Lipinski definition) is 1. The number of hydrogen-bond acceptors (Lipinski definition) is 3. The van der Waals surface area contributed by atoms with Crippen LogP contribution in [0.15, 0.2) is 15.9 Å². The summed E-state index contributed by atoms with van der Waals surface area (Å²) in [4.78, 5) is 17.1. The predicted molar refractivity (Wildman–Crippen MR) is 49.2 cm³/mol. The number of nitrogens with one attached hydrogen (secondary N) is 1. The topological polar surface area (TPSA) is 45.8 Å². The summed E-state index contributed by atoms with van der Waals surface area (Å²) in [7, 11) is 0. The molecule has 3 nitrogen and oxygen atoms in total. The highest BCUT2D eigenvalue weighted by molar-refractivity contribution is 7.99. The fourth-order valence-corrected chi connectivity index (χ4v) is 1.38. The summed E-state index contributed by atoms with van der Waals surface area (Å²) in [6, 6.07) is 1.80. The van der Waals surface area contributed by atoms with Crippen LogP contribution < -0.4 is 5.69 Å². The van der Waals surface area contributed by atoms with Crippen molar-refractivity contribution >= 4 is 11.8 Å². The van der Waals surface area contributed by atoms with Crippen LogP contribution in [0.5, 0.6) is 0 Å². The Kier molecular flexibility index (Phi) is 2.94. The number of thioether (sulfide) groups is 1. The first-order valence-corrected chi connectivity index (χ1v) is 4.35. The van der Waals surface area contributed by atoms with Gasteiger partial charge in [0.25, 0.3) is 0 Å². The minimum atomic E-state index is -0.325. The maximum absolute atomic E-state index is 10.8. The zero-order chi connectivity index (χ0) is 8.97. The molecular weight excluding hydrogens is 172 g/mol. The highest BCUT2D eigenvalue weighted by Crippen LogP contribution is 2.12. The molecule has 0 saturated heterocycles. The van der Waals surface area contributed by atoms with Gasteiger partial charge in [0.1, 0.15) is 5.03 Å². The second-order valence-electron chi connectivity index (χ2n) is 2.20. The zero-order valence-corrected chi connectivity index (χ0v) is 7.44. The zero-order valence-electron chi connectivity index (χ0n) is 6.63. The molecule has 0 radical (unpaired) electrons. The third kappa shape index (κ3) is 2.44. The molecule has 0 amide bonds. The summed E-state index contributed by atoms with van der Waals surface area (Å²) >= 11 is 1.38. The number of H-pyrrole nitrogens is 1. The van der Waals surface area contributed by atoms with Gasteiger partial charge in [0, 0.05) is 5.69 Å². The lowest BCUT2D eigenvalue weighted by atomic mass is 10.5. The van der Waals surface area contributed by atoms with Crippen LogP contribution in [-0.4, -0.2) is 15.7 Å². The van der Waals surface area contributed by atoms with Gasteiger partial charge in [-0.25, -0.2) is 4.79 Å². The first-order valence-electron chi connectivity index (χ1n) is 3.36. The Hall–Kier alpha value is -1.21. The first-order chi connectivity index (χ1) is 5.72. The van der Waals surface area contributed by atoms with Crippen molar-refractivity contribution in [2.45, 2.75) is 11.9 Å². The van der Waals surface area contributed by atoms with Gasteiger partial charge in [-0.1, -0.05) is 17.7 Å². The second-order valence-corrected chi connectivity index (χ2v) is 3.20. The van der Waals surface area contributed by atoms with Crippen molar-refractivity contribution in [3.63, 3.8) is 0 Å². The summed E-state index contributed by atoms with van der Waals surface area (Å²) in [6.45, 7) is 1.81. The standard InChI is InChI=1S/C8H8N2OS/c1-3-4-12-7-5-6(2)9-8(11)10-7/h1,5H,4H2,2H3,(H,9,10,11). The van der Waals surface area contributed by atoms with E-state index < -0.39 is 0 Å². The molecule has 62 valence electrons. The van der Waals surface area contributed by atoms with Crippen molar-refractivity contribution in [1.29, 1.82) is 0 Å². The van der Waals surface area contributed by atoms with Crippen molar-refractivity contribution in [2.24, 2.45) is 0 Å². The van der Waals surface area contributed by atoms with Crippen LogP contribution in [0.4, 0.5) is 0 Å². The van der Waals surface area contributed by atoms with Crippen LogP contribution in [-0.2, 0) is 0 Å². The summed E-state index contributed by atoms with van der Waals surface area (Å²) in [5, 5.41) is 0.675. The van der Waals surface area contributed by atoms with Crippen molar-refractivity contribution < 1.29 is 0 Å². The van der Waals surface area contributed by atoms with E-state index in [-0.39, 0.29) is 5.69 Å². The molecule has 1 rings (SSSR count). The summed E-state index contributed by atoms with van der Waals surface area (Å²) in [5.41, 5.74) is 0.476. The number of aromatic amines is 1. The van der Waals surface area contributed by atoms with Gasteiger partial charge in [-0.15, -0.1) is 6.42 Å². The Labute approximate surface area is 74.6 Å². The SMILES string of the molecule is C#CCSc1cc(C)[nH]c(=O)n1. The van der Waals surface area contributed by atoms with E-state index in [4.69, 9.17) is 6.42 Å². The number of rotatable bonds is 2. The van der Waals surface area contributed by atoms with E-state index in [1.54, 1.807) is 6.07 Å². The molecule has 0 bridgehead atoms. The Morgan fingerprint density at radius 3 is 3.17 bits per heavy atom.